The second-order valence-corrected chi connectivity index (χ2v) is 3.45. The standard InChI is InChI=1S/C6H14N2S/c1-9-4-5-2-8-3-6(5)7/h5-6,8H,2-4,7H2,1H3. The van der Waals surface area contributed by atoms with E-state index in [1.807, 2.05) is 11.8 Å². The highest BCUT2D eigenvalue weighted by Gasteiger charge is 2.22. The van der Waals surface area contributed by atoms with Gasteiger partial charge in [0.1, 0.15) is 0 Å². The van der Waals surface area contributed by atoms with Gasteiger partial charge in [0.15, 0.2) is 0 Å². The third-order valence-electron chi connectivity index (χ3n) is 1.77. The van der Waals surface area contributed by atoms with Gasteiger partial charge in [-0.15, -0.1) is 0 Å². The Labute approximate surface area is 60.6 Å². The van der Waals surface area contributed by atoms with E-state index in [4.69, 9.17) is 5.73 Å². The third-order valence-corrected chi connectivity index (χ3v) is 2.53. The second-order valence-electron chi connectivity index (χ2n) is 2.54. The molecule has 0 aromatic heterocycles. The third kappa shape index (κ3) is 1.85. The van der Waals surface area contributed by atoms with Crippen LogP contribution in [0, 0.1) is 5.92 Å². The largest absolute Gasteiger partial charge is 0.326 e. The summed E-state index contributed by atoms with van der Waals surface area (Å²) in [7, 11) is 0. The zero-order valence-corrected chi connectivity index (χ0v) is 6.58. The predicted molar refractivity (Wildman–Crippen MR) is 42.7 cm³/mol. The molecule has 1 saturated heterocycles. The molecule has 1 aliphatic heterocycles. The van der Waals surface area contributed by atoms with Crippen LogP contribution in [0.1, 0.15) is 0 Å². The molecule has 0 radical (unpaired) electrons. The molecule has 2 atom stereocenters. The minimum atomic E-state index is 0.400. The van der Waals surface area contributed by atoms with Crippen molar-refractivity contribution >= 4 is 11.8 Å². The van der Waals surface area contributed by atoms with Crippen molar-refractivity contribution in [3.63, 3.8) is 0 Å². The molecule has 0 aromatic rings. The molecular formula is C6H14N2S. The van der Waals surface area contributed by atoms with Gasteiger partial charge in [0.05, 0.1) is 0 Å². The van der Waals surface area contributed by atoms with Crippen molar-refractivity contribution in [1.82, 2.24) is 5.32 Å². The monoisotopic (exact) mass is 146 g/mol. The van der Waals surface area contributed by atoms with Gasteiger partial charge in [-0.25, -0.2) is 0 Å². The maximum Gasteiger partial charge on any atom is 0.0214 e. The van der Waals surface area contributed by atoms with Crippen LogP contribution < -0.4 is 11.1 Å². The van der Waals surface area contributed by atoms with Crippen molar-refractivity contribution in [2.75, 3.05) is 25.1 Å². The highest BCUT2D eigenvalue weighted by Crippen LogP contribution is 2.11. The second kappa shape index (κ2) is 3.44. The number of hydrogen-bond acceptors (Lipinski definition) is 3. The van der Waals surface area contributed by atoms with E-state index in [1.165, 1.54) is 5.75 Å². The van der Waals surface area contributed by atoms with Gasteiger partial charge >= 0.3 is 0 Å². The van der Waals surface area contributed by atoms with E-state index in [0.717, 1.165) is 13.1 Å². The first-order valence-electron chi connectivity index (χ1n) is 3.30. The first kappa shape index (κ1) is 7.38. The molecular weight excluding hydrogens is 132 g/mol. The molecule has 0 spiro atoms. The molecule has 0 bridgehead atoms. The molecule has 54 valence electrons. The first-order chi connectivity index (χ1) is 4.34. The smallest absolute Gasteiger partial charge is 0.0214 e. The Kier molecular flexibility index (Phi) is 2.82. The Hall–Kier alpha value is 0.270. The summed E-state index contributed by atoms with van der Waals surface area (Å²) < 4.78 is 0. The van der Waals surface area contributed by atoms with E-state index in [0.29, 0.717) is 12.0 Å². The molecule has 1 rings (SSSR count). The predicted octanol–water partition coefficient (Wildman–Crippen LogP) is -0.104. The fraction of sp³-hybridized carbons (Fsp3) is 1.00. The SMILES string of the molecule is CSCC1CNCC1N. The average molecular weight is 146 g/mol. The number of rotatable bonds is 2. The number of thioether (sulfide) groups is 1. The van der Waals surface area contributed by atoms with E-state index in [-0.39, 0.29) is 0 Å². The molecule has 0 saturated carbocycles. The summed E-state index contributed by atoms with van der Waals surface area (Å²) in [5.41, 5.74) is 5.79. The molecule has 1 heterocycles. The number of hydrogen-bond donors (Lipinski definition) is 2. The van der Waals surface area contributed by atoms with Crippen LogP contribution in [0.3, 0.4) is 0 Å². The van der Waals surface area contributed by atoms with Crippen LogP contribution in [0.15, 0.2) is 0 Å². The van der Waals surface area contributed by atoms with Crippen molar-refractivity contribution in [2.24, 2.45) is 11.7 Å². The van der Waals surface area contributed by atoms with Crippen LogP contribution in [0.4, 0.5) is 0 Å². The van der Waals surface area contributed by atoms with Crippen LogP contribution >= 0.6 is 11.8 Å². The zero-order valence-electron chi connectivity index (χ0n) is 5.76. The summed E-state index contributed by atoms with van der Waals surface area (Å²) in [6, 6.07) is 0.400. The molecule has 2 nitrogen and oxygen atoms in total. The van der Waals surface area contributed by atoms with Gasteiger partial charge in [0.2, 0.25) is 0 Å². The first-order valence-corrected chi connectivity index (χ1v) is 4.69. The topological polar surface area (TPSA) is 38.0 Å². The Balaban J connectivity index is 2.22. The minimum Gasteiger partial charge on any atom is -0.326 e. The van der Waals surface area contributed by atoms with E-state index in [1.54, 1.807) is 0 Å². The Morgan fingerprint density at radius 2 is 2.44 bits per heavy atom. The lowest BCUT2D eigenvalue weighted by atomic mass is 10.1. The highest BCUT2D eigenvalue weighted by atomic mass is 32.2. The molecule has 2 unspecified atom stereocenters. The van der Waals surface area contributed by atoms with Crippen LogP contribution in [0.5, 0.6) is 0 Å². The van der Waals surface area contributed by atoms with Gasteiger partial charge in [-0.1, -0.05) is 0 Å². The zero-order chi connectivity index (χ0) is 6.69. The van der Waals surface area contributed by atoms with Gasteiger partial charge in [-0.2, -0.15) is 11.8 Å². The summed E-state index contributed by atoms with van der Waals surface area (Å²) in [6.45, 7) is 2.12. The molecule has 0 aromatic carbocycles. The molecule has 3 heteroatoms. The fourth-order valence-corrected chi connectivity index (χ4v) is 1.94. The molecule has 0 amide bonds. The summed E-state index contributed by atoms with van der Waals surface area (Å²) >= 11 is 1.88. The van der Waals surface area contributed by atoms with Crippen LogP contribution in [-0.4, -0.2) is 31.1 Å². The summed E-state index contributed by atoms with van der Waals surface area (Å²) in [6.07, 6.45) is 2.13. The molecule has 1 fully saturated rings. The highest BCUT2D eigenvalue weighted by molar-refractivity contribution is 7.98. The molecule has 0 aliphatic carbocycles. The summed E-state index contributed by atoms with van der Waals surface area (Å²) in [5, 5.41) is 3.27. The van der Waals surface area contributed by atoms with Gasteiger partial charge in [0, 0.05) is 19.1 Å². The molecule has 3 N–H and O–H groups in total. The quantitative estimate of drug-likeness (QED) is 0.571. The fourth-order valence-electron chi connectivity index (χ4n) is 1.15. The Bertz CT molecular complexity index is 87.1. The van der Waals surface area contributed by atoms with E-state index in [2.05, 4.69) is 11.6 Å². The maximum atomic E-state index is 5.79. The lowest BCUT2D eigenvalue weighted by Gasteiger charge is -2.10. The van der Waals surface area contributed by atoms with Crippen molar-refractivity contribution in [3.05, 3.63) is 0 Å². The van der Waals surface area contributed by atoms with Crippen molar-refractivity contribution in [2.45, 2.75) is 6.04 Å². The van der Waals surface area contributed by atoms with Crippen LogP contribution in [-0.2, 0) is 0 Å². The maximum absolute atomic E-state index is 5.79. The van der Waals surface area contributed by atoms with E-state index in [9.17, 15) is 0 Å². The van der Waals surface area contributed by atoms with Crippen molar-refractivity contribution in [3.8, 4) is 0 Å². The lowest BCUT2D eigenvalue weighted by molar-refractivity contribution is 0.574. The van der Waals surface area contributed by atoms with Crippen LogP contribution in [0.2, 0.25) is 0 Å². The Morgan fingerprint density at radius 3 is 2.89 bits per heavy atom. The van der Waals surface area contributed by atoms with Gasteiger partial charge < -0.3 is 11.1 Å². The minimum absolute atomic E-state index is 0.400. The normalized spacial score (nSPS) is 35.3. The number of nitrogens with two attached hydrogens (primary N) is 1. The van der Waals surface area contributed by atoms with E-state index < -0.39 is 0 Å². The van der Waals surface area contributed by atoms with Gasteiger partial charge in [-0.05, 0) is 17.9 Å². The molecule has 1 aliphatic rings. The van der Waals surface area contributed by atoms with Crippen molar-refractivity contribution in [1.29, 1.82) is 0 Å². The lowest BCUT2D eigenvalue weighted by Crippen LogP contribution is -2.30. The number of nitrogens with one attached hydrogen (secondary N) is 1. The average Bonchev–Trinajstić information content (AvgIpc) is 2.18. The Morgan fingerprint density at radius 1 is 1.67 bits per heavy atom. The van der Waals surface area contributed by atoms with Gasteiger partial charge in [-0.3, -0.25) is 0 Å². The van der Waals surface area contributed by atoms with Crippen molar-refractivity contribution < 1.29 is 0 Å². The van der Waals surface area contributed by atoms with Gasteiger partial charge in [0.25, 0.3) is 0 Å². The van der Waals surface area contributed by atoms with Crippen LogP contribution in [0.25, 0.3) is 0 Å². The summed E-state index contributed by atoms with van der Waals surface area (Å²) in [4.78, 5) is 0. The summed E-state index contributed by atoms with van der Waals surface area (Å²) in [5.74, 6) is 1.91. The molecule has 9 heavy (non-hydrogen) atoms. The van der Waals surface area contributed by atoms with E-state index >= 15 is 0 Å².